The number of piperidine rings is 1. The van der Waals surface area contributed by atoms with E-state index in [2.05, 4.69) is 29.8 Å². The first-order valence-electron chi connectivity index (χ1n) is 7.77. The lowest BCUT2D eigenvalue weighted by Crippen LogP contribution is -2.39. The van der Waals surface area contributed by atoms with Gasteiger partial charge < -0.3 is 15.4 Å². The fourth-order valence-corrected chi connectivity index (χ4v) is 2.63. The van der Waals surface area contributed by atoms with E-state index in [4.69, 9.17) is 10.5 Å². The fraction of sp³-hybridized carbons (Fsp3) is 0.688. The molecule has 2 rings (SSSR count). The summed E-state index contributed by atoms with van der Waals surface area (Å²) >= 11 is 0. The Morgan fingerprint density at radius 3 is 2.85 bits per heavy atom. The highest BCUT2D eigenvalue weighted by molar-refractivity contribution is 5.48. The molecule has 4 nitrogen and oxygen atoms in total. The van der Waals surface area contributed by atoms with Crippen LogP contribution in [0.4, 0.5) is 5.69 Å². The van der Waals surface area contributed by atoms with Gasteiger partial charge in [-0.05, 0) is 25.2 Å². The highest BCUT2D eigenvalue weighted by atomic mass is 16.5. The van der Waals surface area contributed by atoms with Crippen LogP contribution in [0.5, 0.6) is 5.75 Å². The molecule has 1 atom stereocenters. The molecule has 0 bridgehead atoms. The third-order valence-electron chi connectivity index (χ3n) is 3.92. The summed E-state index contributed by atoms with van der Waals surface area (Å²) in [6, 6.07) is 2.45. The summed E-state index contributed by atoms with van der Waals surface area (Å²) in [4.78, 5) is 6.65. The van der Waals surface area contributed by atoms with Crippen molar-refractivity contribution in [2.75, 3.05) is 24.6 Å². The standard InChI is InChI=1S/C16H27N3O/c1-3-4-13(2)12-20-16-9-15(10-18-11-16)19-7-5-14(17)6-8-19/h9-11,13-14H,3-8,12,17H2,1-2H3. The zero-order valence-electron chi connectivity index (χ0n) is 12.7. The first kappa shape index (κ1) is 15.1. The van der Waals surface area contributed by atoms with Crippen LogP contribution in [-0.4, -0.2) is 30.7 Å². The van der Waals surface area contributed by atoms with Crippen molar-refractivity contribution in [3.05, 3.63) is 18.5 Å². The van der Waals surface area contributed by atoms with Crippen molar-refractivity contribution in [2.45, 2.75) is 45.6 Å². The van der Waals surface area contributed by atoms with E-state index < -0.39 is 0 Å². The molecule has 112 valence electrons. The molecule has 1 aliphatic rings. The molecule has 1 aromatic rings. The number of hydrogen-bond acceptors (Lipinski definition) is 4. The monoisotopic (exact) mass is 277 g/mol. The molecule has 0 radical (unpaired) electrons. The summed E-state index contributed by atoms with van der Waals surface area (Å²) in [6.07, 6.45) is 8.24. The molecule has 2 N–H and O–H groups in total. The van der Waals surface area contributed by atoms with Crippen LogP contribution in [0, 0.1) is 5.92 Å². The van der Waals surface area contributed by atoms with E-state index in [1.807, 2.05) is 6.20 Å². The maximum atomic E-state index is 5.95. The second kappa shape index (κ2) is 7.48. The Balaban J connectivity index is 1.90. The molecule has 4 heteroatoms. The molecular formula is C16H27N3O. The number of rotatable bonds is 6. The molecular weight excluding hydrogens is 250 g/mol. The van der Waals surface area contributed by atoms with Gasteiger partial charge in [-0.3, -0.25) is 4.98 Å². The molecule has 1 aromatic heterocycles. The second-order valence-electron chi connectivity index (χ2n) is 5.91. The Morgan fingerprint density at radius 1 is 1.40 bits per heavy atom. The largest absolute Gasteiger partial charge is 0.492 e. The van der Waals surface area contributed by atoms with Gasteiger partial charge in [-0.2, -0.15) is 0 Å². The lowest BCUT2D eigenvalue weighted by molar-refractivity contribution is 0.251. The molecule has 1 unspecified atom stereocenters. The van der Waals surface area contributed by atoms with Gasteiger partial charge in [-0.25, -0.2) is 0 Å². The van der Waals surface area contributed by atoms with Gasteiger partial charge in [0, 0.05) is 25.2 Å². The van der Waals surface area contributed by atoms with Gasteiger partial charge in [0.25, 0.3) is 0 Å². The van der Waals surface area contributed by atoms with Crippen molar-refractivity contribution in [3.8, 4) is 5.75 Å². The van der Waals surface area contributed by atoms with E-state index in [1.54, 1.807) is 6.20 Å². The zero-order chi connectivity index (χ0) is 14.4. The maximum absolute atomic E-state index is 5.95. The summed E-state index contributed by atoms with van der Waals surface area (Å²) in [5, 5.41) is 0. The Labute approximate surface area is 122 Å². The molecule has 0 aliphatic carbocycles. The van der Waals surface area contributed by atoms with Crippen LogP contribution < -0.4 is 15.4 Å². The first-order valence-corrected chi connectivity index (χ1v) is 7.77. The SMILES string of the molecule is CCCC(C)COc1cncc(N2CCC(N)CC2)c1. The van der Waals surface area contributed by atoms with Gasteiger partial charge in [-0.15, -0.1) is 0 Å². The average Bonchev–Trinajstić information content (AvgIpc) is 2.47. The van der Waals surface area contributed by atoms with Crippen molar-refractivity contribution in [1.29, 1.82) is 0 Å². The van der Waals surface area contributed by atoms with Crippen LogP contribution in [0.15, 0.2) is 18.5 Å². The highest BCUT2D eigenvalue weighted by Gasteiger charge is 2.17. The predicted octanol–water partition coefficient (Wildman–Crippen LogP) is 2.82. The van der Waals surface area contributed by atoms with Crippen molar-refractivity contribution in [1.82, 2.24) is 4.98 Å². The Kier molecular flexibility index (Phi) is 5.65. The van der Waals surface area contributed by atoms with Crippen molar-refractivity contribution in [2.24, 2.45) is 11.7 Å². The predicted molar refractivity (Wildman–Crippen MR) is 83.2 cm³/mol. The number of hydrogen-bond donors (Lipinski definition) is 1. The van der Waals surface area contributed by atoms with E-state index in [9.17, 15) is 0 Å². The molecule has 0 aromatic carbocycles. The maximum Gasteiger partial charge on any atom is 0.139 e. The van der Waals surface area contributed by atoms with E-state index in [1.165, 1.54) is 12.8 Å². The van der Waals surface area contributed by atoms with Gasteiger partial charge in [0.15, 0.2) is 0 Å². The molecule has 1 fully saturated rings. The summed E-state index contributed by atoms with van der Waals surface area (Å²) in [5.74, 6) is 1.47. The molecule has 20 heavy (non-hydrogen) atoms. The van der Waals surface area contributed by atoms with Crippen molar-refractivity contribution >= 4 is 5.69 Å². The summed E-state index contributed by atoms with van der Waals surface area (Å²) in [7, 11) is 0. The van der Waals surface area contributed by atoms with Crippen LogP contribution in [-0.2, 0) is 0 Å². The molecule has 2 heterocycles. The average molecular weight is 277 g/mol. The number of nitrogens with zero attached hydrogens (tertiary/aromatic N) is 2. The van der Waals surface area contributed by atoms with E-state index in [0.717, 1.165) is 44.0 Å². The molecule has 0 saturated carbocycles. The Hall–Kier alpha value is -1.29. The number of pyridine rings is 1. The van der Waals surface area contributed by atoms with E-state index in [-0.39, 0.29) is 0 Å². The normalized spacial score (nSPS) is 18.1. The molecule has 0 amide bonds. The van der Waals surface area contributed by atoms with Gasteiger partial charge in [0.2, 0.25) is 0 Å². The summed E-state index contributed by atoms with van der Waals surface area (Å²) < 4.78 is 5.86. The topological polar surface area (TPSA) is 51.4 Å². The minimum absolute atomic E-state index is 0.355. The second-order valence-corrected chi connectivity index (χ2v) is 5.91. The number of aromatic nitrogens is 1. The van der Waals surface area contributed by atoms with Gasteiger partial charge in [0.05, 0.1) is 24.7 Å². The fourth-order valence-electron chi connectivity index (χ4n) is 2.63. The van der Waals surface area contributed by atoms with Crippen molar-refractivity contribution < 1.29 is 4.74 Å². The highest BCUT2D eigenvalue weighted by Crippen LogP contribution is 2.23. The summed E-state index contributed by atoms with van der Waals surface area (Å²) in [6.45, 7) is 7.23. The molecule has 1 saturated heterocycles. The smallest absolute Gasteiger partial charge is 0.139 e. The van der Waals surface area contributed by atoms with Gasteiger partial charge >= 0.3 is 0 Å². The van der Waals surface area contributed by atoms with Gasteiger partial charge in [0.1, 0.15) is 5.75 Å². The lowest BCUT2D eigenvalue weighted by Gasteiger charge is -2.31. The minimum atomic E-state index is 0.355. The minimum Gasteiger partial charge on any atom is -0.492 e. The van der Waals surface area contributed by atoms with Crippen LogP contribution in [0.1, 0.15) is 39.5 Å². The van der Waals surface area contributed by atoms with Crippen LogP contribution in [0.25, 0.3) is 0 Å². The zero-order valence-corrected chi connectivity index (χ0v) is 12.7. The lowest BCUT2D eigenvalue weighted by atomic mass is 10.1. The number of anilines is 1. The number of ether oxygens (including phenoxy) is 1. The van der Waals surface area contributed by atoms with Crippen LogP contribution in [0.2, 0.25) is 0 Å². The third-order valence-corrected chi connectivity index (χ3v) is 3.92. The number of nitrogens with two attached hydrogens (primary N) is 1. The van der Waals surface area contributed by atoms with Crippen molar-refractivity contribution in [3.63, 3.8) is 0 Å². The van der Waals surface area contributed by atoms with Gasteiger partial charge in [-0.1, -0.05) is 20.3 Å². The third kappa shape index (κ3) is 4.37. The van der Waals surface area contributed by atoms with E-state index in [0.29, 0.717) is 12.0 Å². The van der Waals surface area contributed by atoms with E-state index >= 15 is 0 Å². The summed E-state index contributed by atoms with van der Waals surface area (Å²) in [5.41, 5.74) is 7.10. The van der Waals surface area contributed by atoms with Crippen LogP contribution in [0.3, 0.4) is 0 Å². The first-order chi connectivity index (χ1) is 9.69. The molecule has 0 spiro atoms. The Morgan fingerprint density at radius 2 is 2.15 bits per heavy atom. The Bertz CT molecular complexity index is 402. The quantitative estimate of drug-likeness (QED) is 0.868. The molecule has 1 aliphatic heterocycles. The van der Waals surface area contributed by atoms with Crippen LogP contribution >= 0.6 is 0 Å².